The summed E-state index contributed by atoms with van der Waals surface area (Å²) in [5.74, 6) is 0. The number of rotatable bonds is 6. The number of likely N-dealkylation sites (N-methyl/N-ethyl adjacent to an activating group) is 2. The fourth-order valence-electron chi connectivity index (χ4n) is 3.21. The molecule has 1 heterocycles. The smallest absolute Gasteiger partial charge is 0.0449 e. The Morgan fingerprint density at radius 2 is 1.90 bits per heavy atom. The van der Waals surface area contributed by atoms with Crippen LogP contribution in [0.2, 0.25) is 0 Å². The molecule has 1 fully saturated rings. The first kappa shape index (κ1) is 16.5. The van der Waals surface area contributed by atoms with Crippen LogP contribution in [0.25, 0.3) is 0 Å². The Bertz CT molecular complexity index is 415. The van der Waals surface area contributed by atoms with Crippen molar-refractivity contribution in [1.29, 1.82) is 0 Å². The van der Waals surface area contributed by atoms with Crippen molar-refractivity contribution in [3.05, 3.63) is 35.4 Å². The molecule has 118 valence electrons. The van der Waals surface area contributed by atoms with E-state index >= 15 is 0 Å². The van der Waals surface area contributed by atoms with Crippen LogP contribution in [-0.2, 0) is 0 Å². The predicted octanol–water partition coefficient (Wildman–Crippen LogP) is 2.67. The second-order valence-corrected chi connectivity index (χ2v) is 6.32. The molecule has 1 saturated heterocycles. The van der Waals surface area contributed by atoms with E-state index in [9.17, 15) is 0 Å². The first-order valence-electron chi connectivity index (χ1n) is 8.36. The van der Waals surface area contributed by atoms with Gasteiger partial charge in [-0.3, -0.25) is 4.90 Å². The lowest BCUT2D eigenvalue weighted by Gasteiger charge is -2.40. The molecule has 2 rings (SSSR count). The van der Waals surface area contributed by atoms with Gasteiger partial charge >= 0.3 is 0 Å². The molecule has 0 aromatic heterocycles. The molecule has 0 aliphatic carbocycles. The summed E-state index contributed by atoms with van der Waals surface area (Å²) in [6, 6.07) is 10.1. The Labute approximate surface area is 130 Å². The molecule has 0 spiro atoms. The lowest BCUT2D eigenvalue weighted by Crippen LogP contribution is -2.52. The van der Waals surface area contributed by atoms with Crippen molar-refractivity contribution in [1.82, 2.24) is 15.1 Å². The minimum Gasteiger partial charge on any atom is -0.309 e. The van der Waals surface area contributed by atoms with E-state index in [-0.39, 0.29) is 0 Å². The molecular formula is C18H31N3. The Morgan fingerprint density at radius 1 is 1.19 bits per heavy atom. The molecule has 1 aliphatic rings. The van der Waals surface area contributed by atoms with Gasteiger partial charge in [-0.2, -0.15) is 0 Å². The summed E-state index contributed by atoms with van der Waals surface area (Å²) in [4.78, 5) is 5.13. The van der Waals surface area contributed by atoms with Gasteiger partial charge in [-0.1, -0.05) is 43.7 Å². The summed E-state index contributed by atoms with van der Waals surface area (Å²) < 4.78 is 0. The third kappa shape index (κ3) is 4.53. The third-order valence-electron chi connectivity index (χ3n) is 4.70. The average molecular weight is 289 g/mol. The number of piperazine rings is 1. The van der Waals surface area contributed by atoms with Crippen molar-refractivity contribution in [3.63, 3.8) is 0 Å². The molecule has 2 atom stereocenters. The average Bonchev–Trinajstić information content (AvgIpc) is 2.49. The highest BCUT2D eigenvalue weighted by Gasteiger charge is 2.24. The second kappa shape index (κ2) is 7.92. The van der Waals surface area contributed by atoms with E-state index in [0.29, 0.717) is 12.1 Å². The van der Waals surface area contributed by atoms with E-state index < -0.39 is 0 Å². The van der Waals surface area contributed by atoms with Gasteiger partial charge in [-0.15, -0.1) is 0 Å². The van der Waals surface area contributed by atoms with Gasteiger partial charge in [0.15, 0.2) is 0 Å². The highest BCUT2D eigenvalue weighted by molar-refractivity contribution is 5.24. The molecule has 3 heteroatoms. The maximum atomic E-state index is 3.65. The Morgan fingerprint density at radius 3 is 2.52 bits per heavy atom. The van der Waals surface area contributed by atoms with Gasteiger partial charge in [0.2, 0.25) is 0 Å². The molecule has 1 N–H and O–H groups in total. The molecule has 1 aliphatic heterocycles. The van der Waals surface area contributed by atoms with Gasteiger partial charge in [0.25, 0.3) is 0 Å². The summed E-state index contributed by atoms with van der Waals surface area (Å²) in [6.07, 6.45) is 1.24. The van der Waals surface area contributed by atoms with Crippen molar-refractivity contribution < 1.29 is 0 Å². The molecule has 0 bridgehead atoms. The van der Waals surface area contributed by atoms with E-state index in [1.165, 1.54) is 37.2 Å². The van der Waals surface area contributed by atoms with Crippen molar-refractivity contribution in [2.75, 3.05) is 39.8 Å². The molecule has 0 radical (unpaired) electrons. The zero-order chi connectivity index (χ0) is 15.2. The van der Waals surface area contributed by atoms with Gasteiger partial charge in [-0.05, 0) is 32.5 Å². The first-order chi connectivity index (χ1) is 10.1. The number of benzene rings is 1. The van der Waals surface area contributed by atoms with E-state index in [0.717, 1.165) is 13.1 Å². The van der Waals surface area contributed by atoms with E-state index in [4.69, 9.17) is 0 Å². The fourth-order valence-corrected chi connectivity index (χ4v) is 3.21. The normalized spacial score (nSPS) is 22.4. The minimum atomic E-state index is 0.441. The Kier molecular flexibility index (Phi) is 6.22. The van der Waals surface area contributed by atoms with Crippen LogP contribution in [-0.4, -0.2) is 55.6 Å². The number of hydrogen-bond donors (Lipinski definition) is 1. The van der Waals surface area contributed by atoms with Gasteiger partial charge in [0, 0.05) is 38.3 Å². The maximum absolute atomic E-state index is 3.65. The lowest BCUT2D eigenvalue weighted by molar-refractivity contribution is 0.0860. The molecule has 2 unspecified atom stereocenters. The molecule has 3 nitrogen and oxygen atoms in total. The first-order valence-corrected chi connectivity index (χ1v) is 8.36. The Hall–Kier alpha value is -0.900. The van der Waals surface area contributed by atoms with Crippen LogP contribution in [0.5, 0.6) is 0 Å². The summed E-state index contributed by atoms with van der Waals surface area (Å²) in [5, 5.41) is 3.65. The van der Waals surface area contributed by atoms with Crippen molar-refractivity contribution in [2.24, 2.45) is 0 Å². The zero-order valence-electron chi connectivity index (χ0n) is 14.1. The summed E-state index contributed by atoms with van der Waals surface area (Å²) in [5.41, 5.74) is 2.74. The van der Waals surface area contributed by atoms with Crippen LogP contribution in [0, 0.1) is 6.92 Å². The lowest BCUT2D eigenvalue weighted by atomic mass is 10.0. The SMILES string of the molecule is CCNC(CN1CCN(C)C(CC)C1)c1ccc(C)cc1. The fraction of sp³-hybridized carbons (Fsp3) is 0.667. The molecule has 0 amide bonds. The van der Waals surface area contributed by atoms with E-state index in [2.05, 4.69) is 67.2 Å². The van der Waals surface area contributed by atoms with Crippen molar-refractivity contribution in [2.45, 2.75) is 39.3 Å². The number of hydrogen-bond acceptors (Lipinski definition) is 3. The van der Waals surface area contributed by atoms with Crippen molar-refractivity contribution >= 4 is 0 Å². The molecule has 21 heavy (non-hydrogen) atoms. The highest BCUT2D eigenvalue weighted by Crippen LogP contribution is 2.18. The maximum Gasteiger partial charge on any atom is 0.0449 e. The summed E-state index contributed by atoms with van der Waals surface area (Å²) >= 11 is 0. The highest BCUT2D eigenvalue weighted by atomic mass is 15.3. The predicted molar refractivity (Wildman–Crippen MR) is 90.7 cm³/mol. The van der Waals surface area contributed by atoms with Crippen LogP contribution >= 0.6 is 0 Å². The molecule has 1 aromatic carbocycles. The van der Waals surface area contributed by atoms with Gasteiger partial charge in [-0.25, -0.2) is 0 Å². The largest absolute Gasteiger partial charge is 0.309 e. The third-order valence-corrected chi connectivity index (χ3v) is 4.70. The molecular weight excluding hydrogens is 258 g/mol. The Balaban J connectivity index is 2.01. The van der Waals surface area contributed by atoms with Crippen molar-refractivity contribution in [3.8, 4) is 0 Å². The summed E-state index contributed by atoms with van der Waals surface area (Å²) in [6.45, 7) is 12.3. The molecule has 1 aromatic rings. The second-order valence-electron chi connectivity index (χ2n) is 6.32. The van der Waals surface area contributed by atoms with Crippen LogP contribution < -0.4 is 5.32 Å². The van der Waals surface area contributed by atoms with Crippen LogP contribution in [0.1, 0.15) is 37.4 Å². The number of aryl methyl sites for hydroxylation is 1. The topological polar surface area (TPSA) is 18.5 Å². The molecule has 0 saturated carbocycles. The zero-order valence-corrected chi connectivity index (χ0v) is 14.1. The van der Waals surface area contributed by atoms with Gasteiger partial charge in [0.1, 0.15) is 0 Å². The van der Waals surface area contributed by atoms with Crippen LogP contribution in [0.3, 0.4) is 0 Å². The van der Waals surface area contributed by atoms with Crippen LogP contribution in [0.4, 0.5) is 0 Å². The standard InChI is InChI=1S/C18H31N3/c1-5-17-13-21(12-11-20(17)4)14-18(19-6-2)16-9-7-15(3)8-10-16/h7-10,17-19H,5-6,11-14H2,1-4H3. The van der Waals surface area contributed by atoms with E-state index in [1.807, 2.05) is 0 Å². The quantitative estimate of drug-likeness (QED) is 0.868. The summed E-state index contributed by atoms with van der Waals surface area (Å²) in [7, 11) is 2.26. The minimum absolute atomic E-state index is 0.441. The van der Waals surface area contributed by atoms with E-state index in [1.54, 1.807) is 0 Å². The van der Waals surface area contributed by atoms with Gasteiger partial charge < -0.3 is 10.2 Å². The number of nitrogens with zero attached hydrogens (tertiary/aromatic N) is 2. The van der Waals surface area contributed by atoms with Gasteiger partial charge in [0.05, 0.1) is 0 Å². The monoisotopic (exact) mass is 289 g/mol. The number of nitrogens with one attached hydrogen (secondary N) is 1. The van der Waals surface area contributed by atoms with Crippen LogP contribution in [0.15, 0.2) is 24.3 Å².